The molecule has 2 N–H and O–H groups in total. The number of aliphatic imine (C=N–C) groups is 1. The Morgan fingerprint density at radius 2 is 1.59 bits per heavy atom. The molecule has 0 spiro atoms. The number of para-hydroxylation sites is 1. The molecule has 1 unspecified atom stereocenters. The Hall–Kier alpha value is -3.85. The zero-order valence-electron chi connectivity index (χ0n) is 18.8. The molecule has 1 heterocycles. The molecule has 0 fully saturated rings. The number of hydrogen-bond acceptors (Lipinski definition) is 7. The highest BCUT2D eigenvalue weighted by Gasteiger charge is 2.49. The second-order valence-electron chi connectivity index (χ2n) is 7.86. The molecule has 0 radical (unpaired) electrons. The number of benzene rings is 3. The number of ether oxygens (including phenoxy) is 1. The molecule has 1 aliphatic heterocycles. The zero-order chi connectivity index (χ0) is 24.3. The number of nitrogens with two attached hydrogens (primary N) is 1. The normalized spacial score (nSPS) is 18.0. The van der Waals surface area contributed by atoms with E-state index in [-0.39, 0.29) is 23.4 Å². The second-order valence-corrected chi connectivity index (χ2v) is 9.55. The van der Waals surface area contributed by atoms with Gasteiger partial charge in [0, 0.05) is 7.05 Å². The van der Waals surface area contributed by atoms with Gasteiger partial charge in [0.05, 0.1) is 5.75 Å². The molecular weight excluding hydrogens is 454 g/mol. The van der Waals surface area contributed by atoms with Gasteiger partial charge in [-0.3, -0.25) is 9.69 Å². The van der Waals surface area contributed by atoms with E-state index >= 15 is 0 Å². The van der Waals surface area contributed by atoms with Crippen molar-refractivity contribution in [2.24, 2.45) is 10.7 Å². The van der Waals surface area contributed by atoms with Gasteiger partial charge in [-0.15, -0.1) is 0 Å². The fraction of sp³-hybridized carbons (Fsp3) is 0.200. The van der Waals surface area contributed by atoms with E-state index in [0.29, 0.717) is 29.0 Å². The van der Waals surface area contributed by atoms with E-state index in [2.05, 4.69) is 4.99 Å². The fourth-order valence-electron chi connectivity index (χ4n) is 3.78. The van der Waals surface area contributed by atoms with Crippen molar-refractivity contribution in [3.05, 3.63) is 90.0 Å². The molecule has 4 rings (SSSR count). The Balaban J connectivity index is 1.75. The highest BCUT2D eigenvalue weighted by Crippen LogP contribution is 2.41. The van der Waals surface area contributed by atoms with Crippen molar-refractivity contribution in [3.8, 4) is 17.2 Å². The Morgan fingerprint density at radius 1 is 0.912 bits per heavy atom. The number of rotatable bonds is 8. The lowest BCUT2D eigenvalue weighted by molar-refractivity contribution is -0.129. The van der Waals surface area contributed by atoms with Crippen LogP contribution in [0.1, 0.15) is 24.5 Å². The predicted molar refractivity (Wildman–Crippen MR) is 129 cm³/mol. The summed E-state index contributed by atoms with van der Waals surface area (Å²) in [6.07, 6.45) is 0.444. The van der Waals surface area contributed by atoms with Crippen LogP contribution in [-0.4, -0.2) is 38.0 Å². The molecule has 0 aliphatic carbocycles. The molecule has 34 heavy (non-hydrogen) atoms. The Bertz CT molecular complexity index is 1320. The summed E-state index contributed by atoms with van der Waals surface area (Å²) < 4.78 is 35.1. The van der Waals surface area contributed by atoms with Gasteiger partial charge in [0.15, 0.2) is 11.5 Å². The van der Waals surface area contributed by atoms with Gasteiger partial charge < -0.3 is 14.7 Å². The third-order valence-electron chi connectivity index (χ3n) is 5.42. The molecule has 1 amide bonds. The van der Waals surface area contributed by atoms with Crippen LogP contribution < -0.4 is 14.7 Å². The van der Waals surface area contributed by atoms with Gasteiger partial charge in [-0.25, -0.2) is 4.99 Å². The van der Waals surface area contributed by atoms with E-state index in [4.69, 9.17) is 14.7 Å². The molecule has 3 aromatic carbocycles. The third kappa shape index (κ3) is 4.47. The first-order valence-electron chi connectivity index (χ1n) is 10.7. The molecule has 176 valence electrons. The van der Waals surface area contributed by atoms with E-state index in [9.17, 15) is 13.2 Å². The van der Waals surface area contributed by atoms with Gasteiger partial charge in [0.25, 0.3) is 5.91 Å². The molecule has 8 nitrogen and oxygen atoms in total. The van der Waals surface area contributed by atoms with Gasteiger partial charge in [-0.1, -0.05) is 49.4 Å². The first-order chi connectivity index (χ1) is 16.2. The summed E-state index contributed by atoms with van der Waals surface area (Å²) in [7, 11) is -2.13. The highest BCUT2D eigenvalue weighted by molar-refractivity contribution is 7.87. The van der Waals surface area contributed by atoms with Gasteiger partial charge >= 0.3 is 10.1 Å². The topological polar surface area (TPSA) is 111 Å². The molecule has 0 aromatic heterocycles. The first kappa shape index (κ1) is 23.3. The summed E-state index contributed by atoms with van der Waals surface area (Å²) in [5, 5.41) is 0. The molecule has 1 atom stereocenters. The van der Waals surface area contributed by atoms with E-state index in [1.807, 2.05) is 30.3 Å². The number of nitrogens with zero attached hydrogens (tertiary/aromatic N) is 2. The van der Waals surface area contributed by atoms with Crippen molar-refractivity contribution in [2.75, 3.05) is 12.8 Å². The van der Waals surface area contributed by atoms with Gasteiger partial charge in [0.1, 0.15) is 17.2 Å². The van der Waals surface area contributed by atoms with Crippen molar-refractivity contribution in [1.82, 2.24) is 4.90 Å². The van der Waals surface area contributed by atoms with Crippen molar-refractivity contribution < 1.29 is 22.1 Å². The van der Waals surface area contributed by atoms with Crippen LogP contribution in [0.25, 0.3) is 0 Å². The summed E-state index contributed by atoms with van der Waals surface area (Å²) in [6, 6.07) is 22.6. The minimum Gasteiger partial charge on any atom is -0.457 e. The second kappa shape index (κ2) is 9.18. The van der Waals surface area contributed by atoms with Crippen LogP contribution in [0.5, 0.6) is 17.2 Å². The van der Waals surface area contributed by atoms with Crippen LogP contribution in [0.2, 0.25) is 0 Å². The summed E-state index contributed by atoms with van der Waals surface area (Å²) in [4.78, 5) is 19.3. The number of likely N-dealkylation sites (N-methyl/N-ethyl adjacent to an activating group) is 1. The first-order valence-corrected chi connectivity index (χ1v) is 12.3. The van der Waals surface area contributed by atoms with Crippen LogP contribution in [0.4, 0.5) is 0 Å². The summed E-state index contributed by atoms with van der Waals surface area (Å²) in [5.74, 6) is 0.992. The van der Waals surface area contributed by atoms with Crippen LogP contribution in [0.15, 0.2) is 83.9 Å². The molecule has 0 saturated carbocycles. The van der Waals surface area contributed by atoms with Crippen molar-refractivity contribution in [2.45, 2.75) is 18.9 Å². The SMILES string of the molecule is CCCS(=O)(=O)Oc1ccc(C2(c3cccc(Oc4ccccc4)c3)N=C(N)N(C)C2=O)cc1. The van der Waals surface area contributed by atoms with Crippen molar-refractivity contribution in [1.29, 1.82) is 0 Å². The Labute approximate surface area is 198 Å². The molecule has 0 saturated heterocycles. The van der Waals surface area contributed by atoms with Gasteiger partial charge in [-0.2, -0.15) is 8.42 Å². The fourth-order valence-corrected chi connectivity index (χ4v) is 4.77. The maximum atomic E-state index is 13.5. The third-order valence-corrected chi connectivity index (χ3v) is 6.77. The zero-order valence-corrected chi connectivity index (χ0v) is 19.7. The van der Waals surface area contributed by atoms with Gasteiger partial charge in [-0.05, 0) is 53.9 Å². The summed E-state index contributed by atoms with van der Waals surface area (Å²) >= 11 is 0. The molecule has 1 aliphatic rings. The highest BCUT2D eigenvalue weighted by atomic mass is 32.2. The van der Waals surface area contributed by atoms with Crippen LogP contribution in [0, 0.1) is 0 Å². The molecular formula is C25H25N3O5S. The number of carbonyl (C=O) groups is 1. The lowest BCUT2D eigenvalue weighted by Crippen LogP contribution is -2.41. The average molecular weight is 480 g/mol. The number of hydrogen-bond donors (Lipinski definition) is 1. The van der Waals surface area contributed by atoms with Gasteiger partial charge in [0.2, 0.25) is 0 Å². The Morgan fingerprint density at radius 3 is 2.21 bits per heavy atom. The monoisotopic (exact) mass is 479 g/mol. The molecule has 9 heteroatoms. The van der Waals surface area contributed by atoms with Crippen LogP contribution in [0.3, 0.4) is 0 Å². The van der Waals surface area contributed by atoms with E-state index < -0.39 is 15.7 Å². The lowest BCUT2D eigenvalue weighted by atomic mass is 9.82. The smallest absolute Gasteiger partial charge is 0.309 e. The maximum absolute atomic E-state index is 13.5. The van der Waals surface area contributed by atoms with Crippen molar-refractivity contribution >= 4 is 22.0 Å². The molecule has 0 bridgehead atoms. The lowest BCUT2D eigenvalue weighted by Gasteiger charge is -2.26. The number of guanidine groups is 1. The van der Waals surface area contributed by atoms with Crippen LogP contribution in [-0.2, 0) is 20.5 Å². The standard InChI is InChI=1S/C25H25N3O5S/c1-3-16-34(30,31)33-21-14-12-18(13-15-21)25(23(29)28(2)24(26)27-25)19-8-7-11-22(17-19)32-20-9-5-4-6-10-20/h4-15,17H,3,16H2,1-2H3,(H2,26,27). The maximum Gasteiger partial charge on any atom is 0.309 e. The summed E-state index contributed by atoms with van der Waals surface area (Å²) in [6.45, 7) is 1.76. The average Bonchev–Trinajstić information content (AvgIpc) is 3.05. The minimum absolute atomic E-state index is 0.0743. The number of carbonyl (C=O) groups excluding carboxylic acids is 1. The van der Waals surface area contributed by atoms with E-state index in [1.165, 1.54) is 17.0 Å². The summed E-state index contributed by atoms with van der Waals surface area (Å²) in [5.41, 5.74) is 5.67. The van der Waals surface area contributed by atoms with Crippen LogP contribution >= 0.6 is 0 Å². The van der Waals surface area contributed by atoms with E-state index in [1.54, 1.807) is 50.4 Å². The van der Waals surface area contributed by atoms with Crippen molar-refractivity contribution in [3.63, 3.8) is 0 Å². The van der Waals surface area contributed by atoms with E-state index in [0.717, 1.165) is 0 Å². The quantitative estimate of drug-likeness (QED) is 0.494. The largest absolute Gasteiger partial charge is 0.457 e. The number of amides is 1. The Kier molecular flexibility index (Phi) is 6.30. The minimum atomic E-state index is -3.69. The predicted octanol–water partition coefficient (Wildman–Crippen LogP) is 3.63. The molecule has 3 aromatic rings.